The van der Waals surface area contributed by atoms with Crippen LogP contribution in [0.25, 0.3) is 0 Å². The molecule has 1 atom stereocenters. The summed E-state index contributed by atoms with van der Waals surface area (Å²) in [4.78, 5) is 24.3. The van der Waals surface area contributed by atoms with Crippen LogP contribution in [0.2, 0.25) is 10.0 Å². The fourth-order valence-electron chi connectivity index (χ4n) is 1.67. The third kappa shape index (κ3) is 3.77. The summed E-state index contributed by atoms with van der Waals surface area (Å²) in [5.74, 6) is -1.68. The number of ether oxygens (including phenoxy) is 1. The van der Waals surface area contributed by atoms with Crippen LogP contribution in [0.5, 0.6) is 5.75 Å². The molecule has 7 heteroatoms. The standard InChI is InChI=1S/C13H15Cl2NO4/c1-7(13(18)19)6-16(2)12(17)8-4-9(14)11(20-3)10(15)5-8/h4-5,7H,6H2,1-3H3,(H,18,19). The van der Waals surface area contributed by atoms with Gasteiger partial charge in [0.25, 0.3) is 5.91 Å². The highest BCUT2D eigenvalue weighted by Crippen LogP contribution is 2.34. The van der Waals surface area contributed by atoms with Crippen LogP contribution in [0.3, 0.4) is 0 Å². The van der Waals surface area contributed by atoms with Crippen LogP contribution in [0.1, 0.15) is 17.3 Å². The summed E-state index contributed by atoms with van der Waals surface area (Å²) in [5.41, 5.74) is 0.279. The number of carboxylic acid groups (broad SMARTS) is 1. The van der Waals surface area contributed by atoms with Gasteiger partial charge in [0.05, 0.1) is 23.1 Å². The maximum atomic E-state index is 12.2. The number of nitrogens with zero attached hydrogens (tertiary/aromatic N) is 1. The first-order valence-electron chi connectivity index (χ1n) is 5.79. The van der Waals surface area contributed by atoms with Crippen LogP contribution in [0.4, 0.5) is 0 Å². The lowest BCUT2D eigenvalue weighted by molar-refractivity contribution is -0.141. The third-order valence-corrected chi connectivity index (χ3v) is 3.33. The minimum atomic E-state index is -0.963. The fourth-order valence-corrected chi connectivity index (χ4v) is 2.31. The molecule has 1 unspecified atom stereocenters. The molecule has 1 aromatic rings. The van der Waals surface area contributed by atoms with Gasteiger partial charge in [-0.2, -0.15) is 0 Å². The number of hydrogen-bond acceptors (Lipinski definition) is 3. The number of aliphatic carboxylic acids is 1. The molecular weight excluding hydrogens is 305 g/mol. The van der Waals surface area contributed by atoms with Crippen LogP contribution >= 0.6 is 23.2 Å². The third-order valence-electron chi connectivity index (χ3n) is 2.77. The molecule has 20 heavy (non-hydrogen) atoms. The second-order valence-electron chi connectivity index (χ2n) is 4.40. The van der Waals surface area contributed by atoms with Gasteiger partial charge in [0, 0.05) is 19.2 Å². The Morgan fingerprint density at radius 2 is 1.85 bits per heavy atom. The van der Waals surface area contributed by atoms with Gasteiger partial charge in [-0.15, -0.1) is 0 Å². The molecule has 110 valence electrons. The molecule has 5 nitrogen and oxygen atoms in total. The van der Waals surface area contributed by atoms with Gasteiger partial charge >= 0.3 is 5.97 Å². The van der Waals surface area contributed by atoms with Crippen molar-refractivity contribution >= 4 is 35.1 Å². The number of carbonyl (C=O) groups is 2. The Morgan fingerprint density at radius 1 is 1.35 bits per heavy atom. The van der Waals surface area contributed by atoms with E-state index >= 15 is 0 Å². The minimum Gasteiger partial charge on any atom is -0.494 e. The quantitative estimate of drug-likeness (QED) is 0.906. The molecule has 0 spiro atoms. The van der Waals surface area contributed by atoms with Crippen LogP contribution < -0.4 is 4.74 Å². The molecule has 0 heterocycles. The number of benzene rings is 1. The van der Waals surface area contributed by atoms with E-state index in [9.17, 15) is 9.59 Å². The number of carboxylic acids is 1. The van der Waals surface area contributed by atoms with Gasteiger partial charge in [-0.1, -0.05) is 30.1 Å². The maximum Gasteiger partial charge on any atom is 0.308 e. The zero-order chi connectivity index (χ0) is 15.4. The SMILES string of the molecule is COc1c(Cl)cc(C(=O)N(C)CC(C)C(=O)O)cc1Cl. The van der Waals surface area contributed by atoms with Crippen molar-refractivity contribution < 1.29 is 19.4 Å². The molecule has 0 saturated heterocycles. The van der Waals surface area contributed by atoms with E-state index in [1.54, 1.807) is 0 Å². The van der Waals surface area contributed by atoms with E-state index < -0.39 is 11.9 Å². The summed E-state index contributed by atoms with van der Waals surface area (Å²) in [6, 6.07) is 2.88. The Morgan fingerprint density at radius 3 is 2.25 bits per heavy atom. The van der Waals surface area contributed by atoms with Crippen molar-refractivity contribution in [2.75, 3.05) is 20.7 Å². The van der Waals surface area contributed by atoms with E-state index in [4.69, 9.17) is 33.0 Å². The molecule has 1 amide bonds. The molecule has 0 radical (unpaired) electrons. The second kappa shape index (κ2) is 6.81. The predicted octanol–water partition coefficient (Wildman–Crippen LogP) is 2.79. The molecule has 0 aromatic heterocycles. The summed E-state index contributed by atoms with van der Waals surface area (Å²) in [7, 11) is 2.95. The molecule has 0 aliphatic carbocycles. The topological polar surface area (TPSA) is 66.8 Å². The van der Waals surface area contributed by atoms with E-state index in [-0.39, 0.29) is 28.1 Å². The smallest absolute Gasteiger partial charge is 0.308 e. The molecule has 0 fully saturated rings. The van der Waals surface area contributed by atoms with E-state index in [1.165, 1.54) is 38.1 Å². The first kappa shape index (κ1) is 16.6. The van der Waals surface area contributed by atoms with Gasteiger partial charge in [-0.3, -0.25) is 9.59 Å². The van der Waals surface area contributed by atoms with Gasteiger partial charge in [0.15, 0.2) is 5.75 Å². The molecule has 0 aliphatic heterocycles. The average molecular weight is 320 g/mol. The Balaban J connectivity index is 2.95. The Hall–Kier alpha value is -1.46. The van der Waals surface area contributed by atoms with Gasteiger partial charge in [-0.05, 0) is 12.1 Å². The molecule has 1 rings (SSSR count). The van der Waals surface area contributed by atoms with Crippen LogP contribution in [-0.4, -0.2) is 42.6 Å². The van der Waals surface area contributed by atoms with Crippen LogP contribution in [0.15, 0.2) is 12.1 Å². The number of rotatable bonds is 5. The highest BCUT2D eigenvalue weighted by Gasteiger charge is 2.20. The Bertz CT molecular complexity index is 510. The van der Waals surface area contributed by atoms with E-state index in [0.29, 0.717) is 5.75 Å². The van der Waals surface area contributed by atoms with E-state index in [2.05, 4.69) is 0 Å². The van der Waals surface area contributed by atoms with Crippen molar-refractivity contribution in [3.8, 4) is 5.75 Å². The average Bonchev–Trinajstić information content (AvgIpc) is 2.37. The number of methoxy groups -OCH3 is 1. The van der Waals surface area contributed by atoms with Crippen LogP contribution in [0, 0.1) is 5.92 Å². The van der Waals surface area contributed by atoms with E-state index in [0.717, 1.165) is 0 Å². The van der Waals surface area contributed by atoms with Crippen molar-refractivity contribution in [1.29, 1.82) is 0 Å². The number of halogens is 2. The summed E-state index contributed by atoms with van der Waals surface area (Å²) in [5, 5.41) is 9.29. The zero-order valence-corrected chi connectivity index (χ0v) is 12.8. The molecule has 0 bridgehead atoms. The summed E-state index contributed by atoms with van der Waals surface area (Å²) >= 11 is 11.9. The van der Waals surface area contributed by atoms with Crippen LogP contribution in [-0.2, 0) is 4.79 Å². The lowest BCUT2D eigenvalue weighted by atomic mass is 10.1. The first-order valence-corrected chi connectivity index (χ1v) is 6.54. The van der Waals surface area contributed by atoms with E-state index in [1.807, 2.05) is 0 Å². The highest BCUT2D eigenvalue weighted by atomic mass is 35.5. The predicted molar refractivity (Wildman–Crippen MR) is 76.8 cm³/mol. The number of amides is 1. The van der Waals surface area contributed by atoms with Gasteiger partial charge in [-0.25, -0.2) is 0 Å². The van der Waals surface area contributed by atoms with Gasteiger partial charge in [0.1, 0.15) is 0 Å². The number of hydrogen-bond donors (Lipinski definition) is 1. The molecule has 0 saturated carbocycles. The summed E-state index contributed by atoms with van der Waals surface area (Å²) < 4.78 is 5.00. The second-order valence-corrected chi connectivity index (χ2v) is 5.21. The van der Waals surface area contributed by atoms with Crippen molar-refractivity contribution in [1.82, 2.24) is 4.90 Å². The van der Waals surface area contributed by atoms with Crippen molar-refractivity contribution in [3.05, 3.63) is 27.7 Å². The summed E-state index contributed by atoms with van der Waals surface area (Å²) in [6.07, 6.45) is 0. The van der Waals surface area contributed by atoms with Crippen molar-refractivity contribution in [2.24, 2.45) is 5.92 Å². The largest absolute Gasteiger partial charge is 0.494 e. The molecule has 1 aromatic carbocycles. The number of carbonyl (C=O) groups excluding carboxylic acids is 1. The Labute approximate surface area is 127 Å². The zero-order valence-electron chi connectivity index (χ0n) is 11.3. The summed E-state index contributed by atoms with van der Waals surface area (Å²) in [6.45, 7) is 1.62. The fraction of sp³-hybridized carbons (Fsp3) is 0.385. The molecule has 1 N–H and O–H groups in total. The lowest BCUT2D eigenvalue weighted by Gasteiger charge is -2.20. The van der Waals surface area contributed by atoms with Crippen molar-refractivity contribution in [3.63, 3.8) is 0 Å². The lowest BCUT2D eigenvalue weighted by Crippen LogP contribution is -2.33. The monoisotopic (exact) mass is 319 g/mol. The van der Waals surface area contributed by atoms with Gasteiger partial charge in [0.2, 0.25) is 0 Å². The van der Waals surface area contributed by atoms with Gasteiger partial charge < -0.3 is 14.7 Å². The maximum absolute atomic E-state index is 12.2. The first-order chi connectivity index (χ1) is 9.27. The molecular formula is C13H15Cl2NO4. The van der Waals surface area contributed by atoms with Crippen molar-refractivity contribution in [2.45, 2.75) is 6.92 Å². The Kier molecular flexibility index (Phi) is 5.65. The minimum absolute atomic E-state index is 0.0927. The molecule has 0 aliphatic rings. The normalized spacial score (nSPS) is 11.8. The highest BCUT2D eigenvalue weighted by molar-refractivity contribution is 6.37.